The zero-order chi connectivity index (χ0) is 38.2. The highest BCUT2D eigenvalue weighted by Crippen LogP contribution is 2.57. The molecule has 0 bridgehead atoms. The lowest BCUT2D eigenvalue weighted by atomic mass is 9.70. The lowest BCUT2D eigenvalue weighted by molar-refractivity contribution is 0.396. The third-order valence-electron chi connectivity index (χ3n) is 13.0. The standard InChI is InChI=1S/C51H85NSi/c1-9-11-13-15-17-19-21-23-25-27-29-33-37-51(38-34-30-28-26-24-22-20-18-16-14-12-10-2)47-36-32-31-35-44(47)46-40-43-39-42(3)49(45(43)41-48(46)51)53(7,8)52-50(4,5)6/h31-32,35-36,39-41,49,52H,9-30,33-34,37-38H2,1-8H3. The molecule has 0 spiro atoms. The molecule has 1 atom stereocenters. The first kappa shape index (κ1) is 44.1. The molecule has 2 aliphatic rings. The third kappa shape index (κ3) is 13.0. The summed E-state index contributed by atoms with van der Waals surface area (Å²) < 4.78 is 0. The minimum Gasteiger partial charge on any atom is -0.332 e. The van der Waals surface area contributed by atoms with Gasteiger partial charge in [-0.3, -0.25) is 0 Å². The molecule has 4 rings (SSSR count). The SMILES string of the molecule is CCCCCCCCCCCCCCC1(CCCCCCCCCCCCCC)c2ccccc2-c2cc3c(cc21)C([Si](C)(C)NC(C)(C)C)C(C)=C3. The van der Waals surface area contributed by atoms with Gasteiger partial charge in [-0.2, -0.15) is 0 Å². The minimum atomic E-state index is -1.82. The van der Waals surface area contributed by atoms with Crippen LogP contribution in [0.2, 0.25) is 13.1 Å². The summed E-state index contributed by atoms with van der Waals surface area (Å²) in [5.74, 6) is 0. The molecule has 0 radical (unpaired) electrons. The lowest BCUT2D eigenvalue weighted by Crippen LogP contribution is -2.58. The van der Waals surface area contributed by atoms with Crippen LogP contribution in [0.4, 0.5) is 0 Å². The van der Waals surface area contributed by atoms with Gasteiger partial charge >= 0.3 is 0 Å². The summed E-state index contributed by atoms with van der Waals surface area (Å²) in [4.78, 5) is 4.17. The number of allylic oxidation sites excluding steroid dienone is 1. The van der Waals surface area contributed by atoms with Crippen LogP contribution < -0.4 is 4.98 Å². The van der Waals surface area contributed by atoms with E-state index in [-0.39, 0.29) is 11.0 Å². The van der Waals surface area contributed by atoms with E-state index < -0.39 is 8.24 Å². The van der Waals surface area contributed by atoms with Crippen LogP contribution in [0.3, 0.4) is 0 Å². The van der Waals surface area contributed by atoms with Gasteiger partial charge in [0.25, 0.3) is 0 Å². The van der Waals surface area contributed by atoms with Crippen molar-refractivity contribution in [1.29, 1.82) is 0 Å². The molecule has 2 heteroatoms. The van der Waals surface area contributed by atoms with Crippen LogP contribution in [0, 0.1) is 0 Å². The summed E-state index contributed by atoms with van der Waals surface area (Å²) in [5.41, 5.74) is 11.9. The fourth-order valence-corrected chi connectivity index (χ4v) is 15.0. The highest BCUT2D eigenvalue weighted by Gasteiger charge is 2.46. The van der Waals surface area contributed by atoms with E-state index in [1.54, 1.807) is 27.8 Å². The van der Waals surface area contributed by atoms with Gasteiger partial charge in [-0.1, -0.05) is 223 Å². The molecule has 0 saturated heterocycles. The Balaban J connectivity index is 1.46. The number of unbranched alkanes of at least 4 members (excludes halogenated alkanes) is 22. The highest BCUT2D eigenvalue weighted by molar-refractivity contribution is 6.77. The maximum Gasteiger partial charge on any atom is 0.131 e. The quantitative estimate of drug-likeness (QED) is 0.0677. The molecule has 1 N–H and O–H groups in total. The van der Waals surface area contributed by atoms with Gasteiger partial charge in [0.15, 0.2) is 0 Å². The van der Waals surface area contributed by atoms with E-state index in [2.05, 4.69) is 102 Å². The fourth-order valence-electron chi connectivity index (χ4n) is 10.7. The lowest BCUT2D eigenvalue weighted by Gasteiger charge is -2.39. The summed E-state index contributed by atoms with van der Waals surface area (Å²) >= 11 is 0. The van der Waals surface area contributed by atoms with Crippen molar-refractivity contribution in [1.82, 2.24) is 4.98 Å². The van der Waals surface area contributed by atoms with Crippen LogP contribution in [0.1, 0.15) is 236 Å². The summed E-state index contributed by atoms with van der Waals surface area (Å²) in [7, 11) is -1.82. The second-order valence-corrected chi connectivity index (χ2v) is 23.6. The zero-order valence-electron chi connectivity index (χ0n) is 36.5. The monoisotopic (exact) mass is 740 g/mol. The Morgan fingerprint density at radius 2 is 1.00 bits per heavy atom. The maximum absolute atomic E-state index is 4.17. The van der Waals surface area contributed by atoms with Crippen LogP contribution in [0.5, 0.6) is 0 Å². The normalized spacial score (nSPS) is 16.2. The van der Waals surface area contributed by atoms with Gasteiger partial charge in [-0.25, -0.2) is 0 Å². The van der Waals surface area contributed by atoms with Gasteiger partial charge in [0.2, 0.25) is 0 Å². The third-order valence-corrected chi connectivity index (χ3v) is 16.6. The summed E-state index contributed by atoms with van der Waals surface area (Å²) in [6.07, 6.45) is 39.2. The van der Waals surface area contributed by atoms with Crippen molar-refractivity contribution in [2.24, 2.45) is 0 Å². The fraction of sp³-hybridized carbons (Fsp3) is 0.725. The van der Waals surface area contributed by atoms with Gasteiger partial charge in [0, 0.05) is 16.5 Å². The smallest absolute Gasteiger partial charge is 0.131 e. The van der Waals surface area contributed by atoms with Crippen LogP contribution in [0.15, 0.2) is 42.0 Å². The molecule has 1 nitrogen and oxygen atoms in total. The molecule has 2 aliphatic carbocycles. The van der Waals surface area contributed by atoms with Gasteiger partial charge in [-0.15, -0.1) is 0 Å². The Hall–Kier alpha value is -1.64. The molecule has 0 aliphatic heterocycles. The van der Waals surface area contributed by atoms with Gasteiger partial charge in [0.1, 0.15) is 8.24 Å². The van der Waals surface area contributed by atoms with Gasteiger partial charge in [0.05, 0.1) is 0 Å². The van der Waals surface area contributed by atoms with Gasteiger partial charge < -0.3 is 4.98 Å². The molecule has 0 saturated carbocycles. The second kappa shape index (κ2) is 22.2. The molecule has 0 fully saturated rings. The molecule has 0 heterocycles. The number of benzene rings is 2. The second-order valence-electron chi connectivity index (χ2n) is 19.4. The predicted molar refractivity (Wildman–Crippen MR) is 241 cm³/mol. The van der Waals surface area contributed by atoms with Crippen molar-refractivity contribution in [3.63, 3.8) is 0 Å². The van der Waals surface area contributed by atoms with Crippen molar-refractivity contribution >= 4 is 14.3 Å². The molecular weight excluding hydrogens is 655 g/mol. The Morgan fingerprint density at radius 3 is 1.45 bits per heavy atom. The highest BCUT2D eigenvalue weighted by atomic mass is 28.3. The Kier molecular flexibility index (Phi) is 18.5. The molecule has 1 unspecified atom stereocenters. The molecule has 298 valence electrons. The van der Waals surface area contributed by atoms with Crippen LogP contribution in [-0.2, 0) is 5.41 Å². The topological polar surface area (TPSA) is 12.0 Å². The van der Waals surface area contributed by atoms with Crippen LogP contribution in [-0.4, -0.2) is 13.8 Å². The van der Waals surface area contributed by atoms with Crippen molar-refractivity contribution in [2.75, 3.05) is 0 Å². The Labute approximate surface area is 331 Å². The van der Waals surface area contributed by atoms with Gasteiger partial charge in [-0.05, 0) is 80.0 Å². The maximum atomic E-state index is 4.17. The summed E-state index contributed by atoms with van der Waals surface area (Å²) in [5, 5.41) is 0. The van der Waals surface area contributed by atoms with E-state index in [4.69, 9.17) is 0 Å². The molecule has 0 amide bonds. The van der Waals surface area contributed by atoms with Crippen molar-refractivity contribution in [3.05, 3.63) is 64.2 Å². The number of hydrogen-bond acceptors (Lipinski definition) is 1. The van der Waals surface area contributed by atoms with E-state index in [0.717, 1.165) is 0 Å². The van der Waals surface area contributed by atoms with E-state index in [9.17, 15) is 0 Å². The van der Waals surface area contributed by atoms with E-state index in [0.29, 0.717) is 5.54 Å². The number of rotatable bonds is 28. The summed E-state index contributed by atoms with van der Waals surface area (Å²) in [6.45, 7) is 19.3. The van der Waals surface area contributed by atoms with E-state index in [1.165, 1.54) is 178 Å². The average Bonchev–Trinajstić information content (AvgIpc) is 3.58. The molecular formula is C51H85NSi. The first-order valence-electron chi connectivity index (χ1n) is 23.3. The Bertz CT molecular complexity index is 1350. The van der Waals surface area contributed by atoms with Crippen LogP contribution in [0.25, 0.3) is 17.2 Å². The first-order valence-corrected chi connectivity index (χ1v) is 26.4. The van der Waals surface area contributed by atoms with E-state index in [1.807, 2.05) is 0 Å². The minimum absolute atomic E-state index is 0.124. The number of fused-ring (bicyclic) bond motifs is 4. The molecule has 53 heavy (non-hydrogen) atoms. The largest absolute Gasteiger partial charge is 0.332 e. The average molecular weight is 740 g/mol. The van der Waals surface area contributed by atoms with Crippen molar-refractivity contribution in [3.8, 4) is 11.1 Å². The first-order chi connectivity index (χ1) is 25.5. The van der Waals surface area contributed by atoms with Crippen LogP contribution >= 0.6 is 0 Å². The summed E-state index contributed by atoms with van der Waals surface area (Å²) in [6, 6.07) is 15.0. The molecule has 2 aromatic rings. The molecule has 0 aromatic heterocycles. The van der Waals surface area contributed by atoms with E-state index >= 15 is 0 Å². The van der Waals surface area contributed by atoms with Crippen molar-refractivity contribution < 1.29 is 0 Å². The number of hydrogen-bond donors (Lipinski definition) is 1. The van der Waals surface area contributed by atoms with Crippen molar-refractivity contribution in [2.45, 2.75) is 238 Å². The zero-order valence-corrected chi connectivity index (χ0v) is 37.5. The molecule has 2 aromatic carbocycles. The Morgan fingerprint density at radius 1 is 0.566 bits per heavy atom. The number of nitrogens with one attached hydrogen (secondary N) is 1. The predicted octanol–water partition coefficient (Wildman–Crippen LogP) is 16.8.